The zero-order valence-corrected chi connectivity index (χ0v) is 19.2. The molecule has 0 saturated heterocycles. The second-order valence-corrected chi connectivity index (χ2v) is 7.83. The van der Waals surface area contributed by atoms with Gasteiger partial charge in [0.15, 0.2) is 5.11 Å². The van der Waals surface area contributed by atoms with Crippen LogP contribution in [0, 0.1) is 12.7 Å². The number of aryl methyl sites for hydroxylation is 1. The van der Waals surface area contributed by atoms with Gasteiger partial charge in [0.2, 0.25) is 0 Å². The molecule has 3 rings (SSSR count). The van der Waals surface area contributed by atoms with Gasteiger partial charge in [-0.25, -0.2) is 4.39 Å². The Balaban J connectivity index is 1.89. The summed E-state index contributed by atoms with van der Waals surface area (Å²) in [5, 5.41) is 4.02. The van der Waals surface area contributed by atoms with Gasteiger partial charge in [-0.15, -0.1) is 0 Å². The highest BCUT2D eigenvalue weighted by Crippen LogP contribution is 2.27. The lowest BCUT2D eigenvalue weighted by molar-refractivity contribution is 0.399. The van der Waals surface area contributed by atoms with Gasteiger partial charge in [-0.2, -0.15) is 0 Å². The molecule has 0 saturated carbocycles. The van der Waals surface area contributed by atoms with Crippen LogP contribution in [0.3, 0.4) is 0 Å². The van der Waals surface area contributed by atoms with E-state index < -0.39 is 0 Å². The van der Waals surface area contributed by atoms with E-state index in [2.05, 4.69) is 5.32 Å². The first-order chi connectivity index (χ1) is 14.9. The normalized spacial score (nSPS) is 10.5. The maximum absolute atomic E-state index is 14.5. The molecule has 1 N–H and O–H groups in total. The molecule has 0 aliphatic rings. The van der Waals surface area contributed by atoms with Crippen molar-refractivity contribution in [1.82, 2.24) is 4.90 Å². The van der Waals surface area contributed by atoms with Crippen LogP contribution in [0.15, 0.2) is 60.7 Å². The Morgan fingerprint density at radius 3 is 2.42 bits per heavy atom. The number of rotatable bonds is 7. The van der Waals surface area contributed by atoms with E-state index in [-0.39, 0.29) is 12.4 Å². The van der Waals surface area contributed by atoms with Crippen LogP contribution in [0.5, 0.6) is 11.5 Å². The lowest BCUT2D eigenvalue weighted by Gasteiger charge is -2.27. The van der Waals surface area contributed by atoms with Gasteiger partial charge >= 0.3 is 0 Å². The summed E-state index contributed by atoms with van der Waals surface area (Å²) in [5.41, 5.74) is 3.19. The maximum atomic E-state index is 14.5. The van der Waals surface area contributed by atoms with E-state index in [1.165, 1.54) is 6.07 Å². The standard InChI is InChI=1S/C24H24ClFN2O2S/c1-16-7-12-22(23(13-16)30-3)27-24(31)28(14-17-8-10-18(29-2)11-9-17)15-19-20(25)5-4-6-21(19)26/h4-13H,14-15H2,1-3H3,(H,27,31). The third kappa shape index (κ3) is 5.87. The van der Waals surface area contributed by atoms with Gasteiger partial charge in [-0.05, 0) is 66.7 Å². The molecule has 0 unspecified atom stereocenters. The predicted octanol–water partition coefficient (Wildman–Crippen LogP) is 6.20. The van der Waals surface area contributed by atoms with Crippen LogP contribution < -0.4 is 14.8 Å². The first-order valence-electron chi connectivity index (χ1n) is 9.67. The SMILES string of the molecule is COc1ccc(CN(Cc2c(F)cccc2Cl)C(=S)Nc2ccc(C)cc2OC)cc1. The Labute approximate surface area is 192 Å². The van der Waals surface area contributed by atoms with Crippen molar-refractivity contribution < 1.29 is 13.9 Å². The average molecular weight is 459 g/mol. The summed E-state index contributed by atoms with van der Waals surface area (Å²) >= 11 is 12.0. The zero-order valence-electron chi connectivity index (χ0n) is 17.6. The van der Waals surface area contributed by atoms with E-state index in [0.717, 1.165) is 22.6 Å². The number of methoxy groups -OCH3 is 2. The Morgan fingerprint density at radius 2 is 1.77 bits per heavy atom. The topological polar surface area (TPSA) is 33.7 Å². The minimum atomic E-state index is -0.372. The third-order valence-corrected chi connectivity index (χ3v) is 5.54. The van der Waals surface area contributed by atoms with E-state index in [9.17, 15) is 4.39 Å². The number of ether oxygens (including phenoxy) is 2. The monoisotopic (exact) mass is 458 g/mol. The number of benzene rings is 3. The molecule has 7 heteroatoms. The Morgan fingerprint density at radius 1 is 1.03 bits per heavy atom. The predicted molar refractivity (Wildman–Crippen MR) is 128 cm³/mol. The molecule has 162 valence electrons. The maximum Gasteiger partial charge on any atom is 0.174 e. The molecule has 0 heterocycles. The fourth-order valence-corrected chi connectivity index (χ4v) is 3.58. The second-order valence-electron chi connectivity index (χ2n) is 7.04. The summed E-state index contributed by atoms with van der Waals surface area (Å²) < 4.78 is 25.2. The number of thiocarbonyl (C=S) groups is 1. The third-order valence-electron chi connectivity index (χ3n) is 4.83. The Hall–Kier alpha value is -2.83. The molecule has 3 aromatic rings. The van der Waals surface area contributed by atoms with Crippen molar-refractivity contribution in [3.8, 4) is 11.5 Å². The molecule has 0 spiro atoms. The van der Waals surface area contributed by atoms with E-state index in [1.807, 2.05) is 54.3 Å². The minimum absolute atomic E-state index is 0.206. The number of nitrogens with zero attached hydrogens (tertiary/aromatic N) is 1. The fourth-order valence-electron chi connectivity index (χ4n) is 3.12. The summed E-state index contributed by atoms with van der Waals surface area (Å²) in [6, 6.07) is 18.1. The van der Waals surface area contributed by atoms with E-state index in [1.54, 1.807) is 26.4 Å². The average Bonchev–Trinajstić information content (AvgIpc) is 2.77. The van der Waals surface area contributed by atoms with Crippen LogP contribution in [-0.4, -0.2) is 24.2 Å². The zero-order chi connectivity index (χ0) is 22.4. The highest BCUT2D eigenvalue weighted by Gasteiger charge is 2.17. The Kier molecular flexibility index (Phi) is 7.71. The number of hydrogen-bond donors (Lipinski definition) is 1. The smallest absolute Gasteiger partial charge is 0.174 e. The molecule has 0 amide bonds. The van der Waals surface area contributed by atoms with Gasteiger partial charge in [0.05, 0.1) is 19.9 Å². The second kappa shape index (κ2) is 10.5. The highest BCUT2D eigenvalue weighted by molar-refractivity contribution is 7.80. The fraction of sp³-hybridized carbons (Fsp3) is 0.208. The van der Waals surface area contributed by atoms with Gasteiger partial charge in [0.1, 0.15) is 17.3 Å². The number of halogens is 2. The minimum Gasteiger partial charge on any atom is -0.497 e. The summed E-state index contributed by atoms with van der Waals surface area (Å²) in [6.45, 7) is 2.65. The lowest BCUT2D eigenvalue weighted by Crippen LogP contribution is -2.34. The van der Waals surface area contributed by atoms with Crippen molar-refractivity contribution in [3.05, 3.63) is 88.2 Å². The molecule has 0 atom stereocenters. The van der Waals surface area contributed by atoms with Crippen molar-refractivity contribution in [2.45, 2.75) is 20.0 Å². The summed E-state index contributed by atoms with van der Waals surface area (Å²) in [6.07, 6.45) is 0. The number of nitrogens with one attached hydrogen (secondary N) is 1. The molecular weight excluding hydrogens is 435 g/mol. The largest absolute Gasteiger partial charge is 0.497 e. The van der Waals surface area contributed by atoms with Crippen LogP contribution in [0.4, 0.5) is 10.1 Å². The van der Waals surface area contributed by atoms with Gasteiger partial charge in [-0.1, -0.05) is 35.9 Å². The van der Waals surface area contributed by atoms with Crippen LogP contribution in [0.2, 0.25) is 5.02 Å². The van der Waals surface area contributed by atoms with Gasteiger partial charge < -0.3 is 19.7 Å². The Bertz CT molecular complexity index is 1040. The van der Waals surface area contributed by atoms with Crippen LogP contribution in [0.1, 0.15) is 16.7 Å². The molecule has 0 aliphatic heterocycles. The molecule has 0 fully saturated rings. The van der Waals surface area contributed by atoms with Crippen LogP contribution >= 0.6 is 23.8 Å². The van der Waals surface area contributed by atoms with E-state index in [4.69, 9.17) is 33.3 Å². The summed E-state index contributed by atoms with van der Waals surface area (Å²) in [4.78, 5) is 1.86. The molecule has 0 aliphatic carbocycles. The summed E-state index contributed by atoms with van der Waals surface area (Å²) in [7, 11) is 3.23. The molecule has 31 heavy (non-hydrogen) atoms. The van der Waals surface area contributed by atoms with Crippen molar-refractivity contribution in [2.75, 3.05) is 19.5 Å². The number of anilines is 1. The van der Waals surface area contributed by atoms with Crippen molar-refractivity contribution in [2.24, 2.45) is 0 Å². The van der Waals surface area contributed by atoms with E-state index in [0.29, 0.717) is 28.0 Å². The van der Waals surface area contributed by atoms with Crippen molar-refractivity contribution >= 4 is 34.6 Å². The van der Waals surface area contributed by atoms with Crippen molar-refractivity contribution in [1.29, 1.82) is 0 Å². The molecule has 3 aromatic carbocycles. The number of hydrogen-bond acceptors (Lipinski definition) is 3. The highest BCUT2D eigenvalue weighted by atomic mass is 35.5. The quantitative estimate of drug-likeness (QED) is 0.426. The van der Waals surface area contributed by atoms with Crippen LogP contribution in [0.25, 0.3) is 0 Å². The van der Waals surface area contributed by atoms with Gasteiger partial charge in [-0.3, -0.25) is 0 Å². The first-order valence-corrected chi connectivity index (χ1v) is 10.5. The molecule has 4 nitrogen and oxygen atoms in total. The van der Waals surface area contributed by atoms with Gasteiger partial charge in [0.25, 0.3) is 0 Å². The molecular formula is C24H24ClFN2O2S. The first kappa shape index (κ1) is 22.8. The molecule has 0 bridgehead atoms. The lowest BCUT2D eigenvalue weighted by atomic mass is 10.1. The molecule has 0 aromatic heterocycles. The molecule has 0 radical (unpaired) electrons. The van der Waals surface area contributed by atoms with Gasteiger partial charge in [0, 0.05) is 23.7 Å². The van der Waals surface area contributed by atoms with Crippen LogP contribution in [-0.2, 0) is 13.1 Å². The summed E-state index contributed by atoms with van der Waals surface area (Å²) in [5.74, 6) is 1.07. The van der Waals surface area contributed by atoms with E-state index >= 15 is 0 Å². The van der Waals surface area contributed by atoms with Crippen molar-refractivity contribution in [3.63, 3.8) is 0 Å².